The second kappa shape index (κ2) is 8.70. The number of carbonyl (C=O) groups excluding carboxylic acids is 1. The molecular formula is C22H28O3. The minimum absolute atomic E-state index is 0.0323. The van der Waals surface area contributed by atoms with Crippen molar-refractivity contribution in [3.05, 3.63) is 65.7 Å². The molecule has 0 N–H and O–H groups in total. The lowest BCUT2D eigenvalue weighted by Gasteiger charge is -2.36. The van der Waals surface area contributed by atoms with Gasteiger partial charge in [-0.3, -0.25) is 4.79 Å². The van der Waals surface area contributed by atoms with Crippen LogP contribution in [0.15, 0.2) is 54.6 Å². The maximum atomic E-state index is 12.8. The SMILES string of the molecule is CCOC(=O)C(C)(CC)C(Cc1ccccc1)c1ccccc1OC. The highest BCUT2D eigenvalue weighted by atomic mass is 16.5. The van der Waals surface area contributed by atoms with Crippen molar-refractivity contribution in [3.63, 3.8) is 0 Å². The molecule has 0 saturated carbocycles. The molecule has 3 nitrogen and oxygen atoms in total. The van der Waals surface area contributed by atoms with Crippen LogP contribution in [-0.4, -0.2) is 19.7 Å². The number of esters is 1. The Hall–Kier alpha value is -2.29. The van der Waals surface area contributed by atoms with E-state index in [9.17, 15) is 4.79 Å². The molecule has 0 radical (unpaired) electrons. The lowest BCUT2D eigenvalue weighted by Crippen LogP contribution is -2.37. The van der Waals surface area contributed by atoms with Gasteiger partial charge in [0.1, 0.15) is 5.75 Å². The van der Waals surface area contributed by atoms with Crippen molar-refractivity contribution >= 4 is 5.97 Å². The maximum absolute atomic E-state index is 12.8. The summed E-state index contributed by atoms with van der Waals surface area (Å²) in [6.45, 7) is 6.29. The van der Waals surface area contributed by atoms with Gasteiger partial charge in [0, 0.05) is 5.92 Å². The third-order valence-electron chi connectivity index (χ3n) is 5.04. The van der Waals surface area contributed by atoms with Gasteiger partial charge >= 0.3 is 5.97 Å². The molecule has 0 heterocycles. The van der Waals surface area contributed by atoms with Crippen LogP contribution in [0.25, 0.3) is 0 Å². The first-order valence-electron chi connectivity index (χ1n) is 8.90. The fourth-order valence-electron chi connectivity index (χ4n) is 3.31. The molecule has 2 atom stereocenters. The van der Waals surface area contributed by atoms with Crippen LogP contribution in [0.5, 0.6) is 5.75 Å². The van der Waals surface area contributed by atoms with Gasteiger partial charge in [-0.25, -0.2) is 0 Å². The Labute approximate surface area is 151 Å². The molecule has 3 heteroatoms. The zero-order valence-corrected chi connectivity index (χ0v) is 15.6. The molecule has 0 aliphatic rings. The Balaban J connectivity index is 2.52. The number of benzene rings is 2. The summed E-state index contributed by atoms with van der Waals surface area (Å²) in [5, 5.41) is 0. The maximum Gasteiger partial charge on any atom is 0.312 e. The summed E-state index contributed by atoms with van der Waals surface area (Å²) in [6, 6.07) is 18.2. The average Bonchev–Trinajstić information content (AvgIpc) is 2.66. The van der Waals surface area contributed by atoms with Crippen molar-refractivity contribution in [1.82, 2.24) is 0 Å². The number of carbonyl (C=O) groups is 1. The molecule has 25 heavy (non-hydrogen) atoms. The van der Waals surface area contributed by atoms with Gasteiger partial charge in [-0.15, -0.1) is 0 Å². The summed E-state index contributed by atoms with van der Waals surface area (Å²) in [5.74, 6) is 0.631. The number of rotatable bonds is 8. The van der Waals surface area contributed by atoms with Gasteiger partial charge in [0.2, 0.25) is 0 Å². The molecule has 2 aromatic carbocycles. The van der Waals surface area contributed by atoms with Crippen molar-refractivity contribution in [2.24, 2.45) is 5.41 Å². The molecule has 0 amide bonds. The molecular weight excluding hydrogens is 312 g/mol. The standard InChI is InChI=1S/C22H28O3/c1-5-22(3,21(23)25-6-2)19(16-17-12-8-7-9-13-17)18-14-10-11-15-20(18)24-4/h7-15,19H,5-6,16H2,1-4H3. The molecule has 0 aromatic heterocycles. The fourth-order valence-corrected chi connectivity index (χ4v) is 3.31. The second-order valence-electron chi connectivity index (χ2n) is 6.48. The van der Waals surface area contributed by atoms with Gasteiger partial charge in [-0.05, 0) is 43.9 Å². The Morgan fingerprint density at radius 2 is 1.68 bits per heavy atom. The van der Waals surface area contributed by atoms with Gasteiger partial charge in [0.05, 0.1) is 19.1 Å². The molecule has 0 spiro atoms. The molecule has 0 fully saturated rings. The summed E-state index contributed by atoms with van der Waals surface area (Å²) in [7, 11) is 1.67. The van der Waals surface area contributed by atoms with Crippen LogP contribution in [0.2, 0.25) is 0 Å². The van der Waals surface area contributed by atoms with Gasteiger partial charge in [-0.1, -0.05) is 55.5 Å². The van der Waals surface area contributed by atoms with Crippen LogP contribution in [0, 0.1) is 5.41 Å². The van der Waals surface area contributed by atoms with E-state index in [0.717, 1.165) is 17.7 Å². The topological polar surface area (TPSA) is 35.5 Å². The van der Waals surface area contributed by atoms with Gasteiger partial charge in [-0.2, -0.15) is 0 Å². The van der Waals surface area contributed by atoms with Crippen LogP contribution >= 0.6 is 0 Å². The van der Waals surface area contributed by atoms with E-state index in [1.54, 1.807) is 7.11 Å². The van der Waals surface area contributed by atoms with E-state index in [1.165, 1.54) is 5.56 Å². The third kappa shape index (κ3) is 4.22. The van der Waals surface area contributed by atoms with E-state index < -0.39 is 5.41 Å². The van der Waals surface area contributed by atoms with E-state index in [-0.39, 0.29) is 11.9 Å². The molecule has 0 bridgehead atoms. The van der Waals surface area contributed by atoms with E-state index >= 15 is 0 Å². The second-order valence-corrected chi connectivity index (χ2v) is 6.48. The molecule has 134 valence electrons. The lowest BCUT2D eigenvalue weighted by atomic mass is 9.68. The van der Waals surface area contributed by atoms with Gasteiger partial charge in [0.15, 0.2) is 0 Å². The van der Waals surface area contributed by atoms with Crippen LogP contribution < -0.4 is 4.74 Å². The number of ether oxygens (including phenoxy) is 2. The first-order valence-corrected chi connectivity index (χ1v) is 8.90. The highest BCUT2D eigenvalue weighted by molar-refractivity contribution is 5.78. The van der Waals surface area contributed by atoms with E-state index in [4.69, 9.17) is 9.47 Å². The summed E-state index contributed by atoms with van der Waals surface area (Å²) in [4.78, 5) is 12.8. The van der Waals surface area contributed by atoms with E-state index in [2.05, 4.69) is 18.2 Å². The molecule has 0 aliphatic heterocycles. The number of hydrogen-bond acceptors (Lipinski definition) is 3. The molecule has 2 unspecified atom stereocenters. The van der Waals surface area contributed by atoms with Crippen molar-refractivity contribution in [2.45, 2.75) is 39.5 Å². The van der Waals surface area contributed by atoms with Crippen molar-refractivity contribution in [2.75, 3.05) is 13.7 Å². The predicted molar refractivity (Wildman–Crippen MR) is 101 cm³/mol. The Bertz CT molecular complexity index is 681. The first kappa shape index (κ1) is 19.0. The van der Waals surface area contributed by atoms with Crippen molar-refractivity contribution in [3.8, 4) is 5.75 Å². The minimum atomic E-state index is -0.625. The first-order chi connectivity index (χ1) is 12.1. The van der Waals surface area contributed by atoms with Crippen molar-refractivity contribution in [1.29, 1.82) is 0 Å². The fraction of sp³-hybridized carbons (Fsp3) is 0.409. The quantitative estimate of drug-likeness (QED) is 0.634. The molecule has 0 aliphatic carbocycles. The van der Waals surface area contributed by atoms with Crippen LogP contribution in [0.4, 0.5) is 0 Å². The summed E-state index contributed by atoms with van der Waals surface area (Å²) in [5.41, 5.74) is 1.62. The molecule has 2 rings (SSSR count). The normalized spacial score (nSPS) is 14.4. The largest absolute Gasteiger partial charge is 0.496 e. The average molecular weight is 340 g/mol. The minimum Gasteiger partial charge on any atom is -0.496 e. The number of methoxy groups -OCH3 is 1. The Morgan fingerprint density at radius 1 is 1.04 bits per heavy atom. The van der Waals surface area contributed by atoms with E-state index in [0.29, 0.717) is 13.0 Å². The van der Waals surface area contributed by atoms with E-state index in [1.807, 2.05) is 57.2 Å². The third-order valence-corrected chi connectivity index (χ3v) is 5.04. The van der Waals surface area contributed by atoms with Gasteiger partial charge in [0.25, 0.3) is 0 Å². The summed E-state index contributed by atoms with van der Waals surface area (Å²) < 4.78 is 11.0. The van der Waals surface area contributed by atoms with Crippen molar-refractivity contribution < 1.29 is 14.3 Å². The smallest absolute Gasteiger partial charge is 0.312 e. The van der Waals surface area contributed by atoms with Crippen LogP contribution in [0.3, 0.4) is 0 Å². The Morgan fingerprint density at radius 3 is 2.28 bits per heavy atom. The monoisotopic (exact) mass is 340 g/mol. The lowest BCUT2D eigenvalue weighted by molar-refractivity contribution is -0.156. The van der Waals surface area contributed by atoms with Crippen LogP contribution in [-0.2, 0) is 16.0 Å². The van der Waals surface area contributed by atoms with Crippen LogP contribution in [0.1, 0.15) is 44.2 Å². The summed E-state index contributed by atoms with van der Waals surface area (Å²) in [6.07, 6.45) is 1.45. The zero-order valence-electron chi connectivity index (χ0n) is 15.6. The molecule has 0 saturated heterocycles. The molecule has 2 aromatic rings. The van der Waals surface area contributed by atoms with Gasteiger partial charge < -0.3 is 9.47 Å². The Kier molecular flexibility index (Phi) is 6.63. The number of hydrogen-bond donors (Lipinski definition) is 0. The summed E-state index contributed by atoms with van der Waals surface area (Å²) >= 11 is 0. The highest BCUT2D eigenvalue weighted by Gasteiger charge is 2.43. The highest BCUT2D eigenvalue weighted by Crippen LogP contribution is 2.45. The number of para-hydroxylation sites is 1. The zero-order chi connectivity index (χ0) is 18.3. The predicted octanol–water partition coefficient (Wildman–Crippen LogP) is 5.00.